The van der Waals surface area contributed by atoms with E-state index < -0.39 is 0 Å². The molecule has 2 aromatic carbocycles. The molecule has 0 amide bonds. The Morgan fingerprint density at radius 1 is 1.16 bits per heavy atom. The Bertz CT molecular complexity index is 555. The predicted octanol–water partition coefficient (Wildman–Crippen LogP) is 3.68. The molecular weight excluding hydrogens is 304 g/mol. The van der Waals surface area contributed by atoms with Crippen LogP contribution < -0.4 is 15.4 Å². The first kappa shape index (κ1) is 13.7. The highest BCUT2D eigenvalue weighted by Crippen LogP contribution is 2.23. The van der Waals surface area contributed by atoms with Gasteiger partial charge >= 0.3 is 0 Å². The van der Waals surface area contributed by atoms with Crippen molar-refractivity contribution in [3.63, 3.8) is 0 Å². The molecule has 2 aromatic rings. The summed E-state index contributed by atoms with van der Waals surface area (Å²) < 4.78 is 6.16. The zero-order chi connectivity index (χ0) is 13.8. The lowest BCUT2D eigenvalue weighted by Gasteiger charge is -2.20. The minimum absolute atomic E-state index is 0.769. The second kappa shape index (κ2) is 5.97. The number of nitrogen functional groups attached to an aromatic ring is 1. The fraction of sp³-hybridized carbons (Fsp3) is 0.200. The van der Waals surface area contributed by atoms with Crippen molar-refractivity contribution in [3.8, 4) is 5.75 Å². The van der Waals surface area contributed by atoms with Crippen LogP contribution in [0.4, 0.5) is 11.4 Å². The van der Waals surface area contributed by atoms with Crippen LogP contribution in [0.2, 0.25) is 0 Å². The third-order valence-corrected chi connectivity index (χ3v) is 3.52. The Labute approximate surface area is 122 Å². The van der Waals surface area contributed by atoms with E-state index in [-0.39, 0.29) is 0 Å². The molecule has 0 radical (unpaired) electrons. The smallest absolute Gasteiger partial charge is 0.119 e. The number of nitrogens with two attached hydrogens (primary N) is 1. The Balaban J connectivity index is 2.13. The van der Waals surface area contributed by atoms with E-state index in [0.29, 0.717) is 0 Å². The van der Waals surface area contributed by atoms with Gasteiger partial charge in [0.15, 0.2) is 0 Å². The maximum absolute atomic E-state index is 6.02. The molecule has 0 aromatic heterocycles. The lowest BCUT2D eigenvalue weighted by Crippen LogP contribution is -2.17. The van der Waals surface area contributed by atoms with E-state index in [1.807, 2.05) is 49.5 Å². The molecule has 0 fully saturated rings. The Kier molecular flexibility index (Phi) is 4.32. The largest absolute Gasteiger partial charge is 0.497 e. The predicted molar refractivity (Wildman–Crippen MR) is 83.7 cm³/mol. The van der Waals surface area contributed by atoms with Gasteiger partial charge in [-0.2, -0.15) is 0 Å². The Morgan fingerprint density at radius 2 is 1.84 bits per heavy atom. The zero-order valence-electron chi connectivity index (χ0n) is 11.1. The lowest BCUT2D eigenvalue weighted by molar-refractivity contribution is 0.415. The number of anilines is 2. The molecule has 19 heavy (non-hydrogen) atoms. The summed E-state index contributed by atoms with van der Waals surface area (Å²) in [7, 11) is 3.71. The molecule has 0 aliphatic heterocycles. The summed E-state index contributed by atoms with van der Waals surface area (Å²) in [4.78, 5) is 2.15. The van der Waals surface area contributed by atoms with E-state index >= 15 is 0 Å². The molecule has 100 valence electrons. The first-order chi connectivity index (χ1) is 9.10. The monoisotopic (exact) mass is 320 g/mol. The Hall–Kier alpha value is -1.68. The fourth-order valence-electron chi connectivity index (χ4n) is 1.89. The SMILES string of the molecule is COc1ccc(N(C)Cc2ccc(Br)cc2N)cc1. The highest BCUT2D eigenvalue weighted by Gasteiger charge is 2.05. The number of nitrogens with zero attached hydrogens (tertiary/aromatic N) is 1. The Morgan fingerprint density at radius 3 is 2.42 bits per heavy atom. The number of benzene rings is 2. The van der Waals surface area contributed by atoms with Gasteiger partial charge in [-0.25, -0.2) is 0 Å². The summed E-state index contributed by atoms with van der Waals surface area (Å²) >= 11 is 3.42. The third-order valence-electron chi connectivity index (χ3n) is 3.03. The number of hydrogen-bond donors (Lipinski definition) is 1. The topological polar surface area (TPSA) is 38.5 Å². The average Bonchev–Trinajstić information content (AvgIpc) is 2.42. The van der Waals surface area contributed by atoms with Crippen molar-refractivity contribution in [2.75, 3.05) is 24.8 Å². The molecule has 3 nitrogen and oxygen atoms in total. The highest BCUT2D eigenvalue weighted by molar-refractivity contribution is 9.10. The number of ether oxygens (including phenoxy) is 1. The summed E-state index contributed by atoms with van der Waals surface area (Å²) in [5.41, 5.74) is 9.06. The van der Waals surface area contributed by atoms with Crippen LogP contribution in [0.3, 0.4) is 0 Å². The van der Waals surface area contributed by atoms with Gasteiger partial charge in [0.2, 0.25) is 0 Å². The van der Waals surface area contributed by atoms with E-state index in [0.717, 1.165) is 33.7 Å². The second-order valence-electron chi connectivity index (χ2n) is 4.40. The van der Waals surface area contributed by atoms with E-state index in [1.165, 1.54) is 0 Å². The zero-order valence-corrected chi connectivity index (χ0v) is 12.6. The molecule has 0 atom stereocenters. The van der Waals surface area contributed by atoms with Crippen LogP contribution in [0.25, 0.3) is 0 Å². The first-order valence-electron chi connectivity index (χ1n) is 5.99. The van der Waals surface area contributed by atoms with Gasteiger partial charge in [-0.1, -0.05) is 22.0 Å². The molecule has 2 rings (SSSR count). The van der Waals surface area contributed by atoms with Gasteiger partial charge in [0.1, 0.15) is 5.75 Å². The van der Waals surface area contributed by atoms with Crippen molar-refractivity contribution in [1.29, 1.82) is 0 Å². The first-order valence-corrected chi connectivity index (χ1v) is 6.78. The van der Waals surface area contributed by atoms with Crippen LogP contribution in [0, 0.1) is 0 Å². The lowest BCUT2D eigenvalue weighted by atomic mass is 10.1. The molecule has 0 spiro atoms. The standard InChI is InChI=1S/C15H17BrN2O/c1-18(13-5-7-14(19-2)8-6-13)10-11-3-4-12(16)9-15(11)17/h3-9H,10,17H2,1-2H3. The van der Waals surface area contributed by atoms with Crippen molar-refractivity contribution >= 4 is 27.3 Å². The van der Waals surface area contributed by atoms with E-state index in [4.69, 9.17) is 10.5 Å². The molecule has 0 heterocycles. The summed E-state index contributed by atoms with van der Waals surface area (Å²) in [5, 5.41) is 0. The molecule has 0 saturated heterocycles. The van der Waals surface area contributed by atoms with Crippen LogP contribution >= 0.6 is 15.9 Å². The summed E-state index contributed by atoms with van der Waals surface area (Å²) in [5.74, 6) is 0.861. The van der Waals surface area contributed by atoms with Gasteiger partial charge in [-0.3, -0.25) is 0 Å². The molecule has 2 N–H and O–H groups in total. The fourth-order valence-corrected chi connectivity index (χ4v) is 2.27. The molecule has 0 aliphatic rings. The van der Waals surface area contributed by atoms with E-state index in [1.54, 1.807) is 7.11 Å². The van der Waals surface area contributed by atoms with Gasteiger partial charge < -0.3 is 15.4 Å². The van der Waals surface area contributed by atoms with Gasteiger partial charge in [-0.15, -0.1) is 0 Å². The molecule has 0 bridgehead atoms. The van der Waals surface area contributed by atoms with Crippen LogP contribution in [-0.2, 0) is 6.54 Å². The van der Waals surface area contributed by atoms with Crippen LogP contribution in [0.1, 0.15) is 5.56 Å². The minimum atomic E-state index is 0.769. The maximum atomic E-state index is 6.02. The van der Waals surface area contributed by atoms with Gasteiger partial charge in [0, 0.05) is 29.4 Å². The summed E-state index contributed by atoms with van der Waals surface area (Å²) in [6.07, 6.45) is 0. The van der Waals surface area contributed by atoms with Crippen LogP contribution in [-0.4, -0.2) is 14.2 Å². The summed E-state index contributed by atoms with van der Waals surface area (Å²) in [6, 6.07) is 14.0. The van der Waals surface area contributed by atoms with Gasteiger partial charge in [0.25, 0.3) is 0 Å². The molecule has 4 heteroatoms. The van der Waals surface area contributed by atoms with Crippen molar-refractivity contribution in [2.45, 2.75) is 6.54 Å². The number of hydrogen-bond acceptors (Lipinski definition) is 3. The molecular formula is C15H17BrN2O. The van der Waals surface area contributed by atoms with Crippen LogP contribution in [0.5, 0.6) is 5.75 Å². The molecule has 0 aliphatic carbocycles. The van der Waals surface area contributed by atoms with Crippen molar-refractivity contribution in [3.05, 3.63) is 52.5 Å². The van der Waals surface area contributed by atoms with E-state index in [2.05, 4.69) is 20.8 Å². The summed E-state index contributed by atoms with van der Waals surface area (Å²) in [6.45, 7) is 0.769. The molecule has 0 saturated carbocycles. The molecule has 0 unspecified atom stereocenters. The minimum Gasteiger partial charge on any atom is -0.497 e. The number of methoxy groups -OCH3 is 1. The normalized spacial score (nSPS) is 10.3. The second-order valence-corrected chi connectivity index (χ2v) is 5.31. The van der Waals surface area contributed by atoms with Gasteiger partial charge in [0.05, 0.1) is 7.11 Å². The average molecular weight is 321 g/mol. The van der Waals surface area contributed by atoms with Gasteiger partial charge in [-0.05, 0) is 42.0 Å². The van der Waals surface area contributed by atoms with Crippen LogP contribution in [0.15, 0.2) is 46.9 Å². The maximum Gasteiger partial charge on any atom is 0.119 e. The van der Waals surface area contributed by atoms with Crippen molar-refractivity contribution in [2.24, 2.45) is 0 Å². The third kappa shape index (κ3) is 3.41. The number of rotatable bonds is 4. The quantitative estimate of drug-likeness (QED) is 0.873. The van der Waals surface area contributed by atoms with E-state index in [9.17, 15) is 0 Å². The van der Waals surface area contributed by atoms with Crippen molar-refractivity contribution in [1.82, 2.24) is 0 Å². The van der Waals surface area contributed by atoms with Crippen molar-refractivity contribution < 1.29 is 4.74 Å². The number of halogens is 1. The highest BCUT2D eigenvalue weighted by atomic mass is 79.9.